The number of aromatic nitrogens is 1. The minimum Gasteiger partial charge on any atom is -0.496 e. The molecule has 4 nitrogen and oxygen atoms in total. The average Bonchev–Trinajstić information content (AvgIpc) is 2.85. The summed E-state index contributed by atoms with van der Waals surface area (Å²) in [6.07, 6.45) is 1.42. The van der Waals surface area contributed by atoms with Crippen LogP contribution < -0.4 is 10.5 Å². The number of ether oxygens (including phenoxy) is 1. The highest BCUT2D eigenvalue weighted by molar-refractivity contribution is 5.70. The van der Waals surface area contributed by atoms with E-state index in [0.29, 0.717) is 12.3 Å². The molecule has 0 unspecified atom stereocenters. The fraction of sp³-hybridized carbons (Fsp3) is 0.400. The summed E-state index contributed by atoms with van der Waals surface area (Å²) in [6.45, 7) is 6.83. The third-order valence-corrected chi connectivity index (χ3v) is 3.15. The molecule has 102 valence electrons. The summed E-state index contributed by atoms with van der Waals surface area (Å²) < 4.78 is 10.7. The molecule has 1 heterocycles. The van der Waals surface area contributed by atoms with E-state index in [2.05, 4.69) is 37.9 Å². The van der Waals surface area contributed by atoms with Gasteiger partial charge in [-0.3, -0.25) is 0 Å². The molecule has 0 radical (unpaired) electrons. The zero-order chi connectivity index (χ0) is 14.0. The van der Waals surface area contributed by atoms with E-state index in [0.717, 1.165) is 17.0 Å². The molecule has 0 bridgehead atoms. The van der Waals surface area contributed by atoms with E-state index in [1.165, 1.54) is 12.0 Å². The first-order valence-corrected chi connectivity index (χ1v) is 6.28. The van der Waals surface area contributed by atoms with E-state index in [-0.39, 0.29) is 5.41 Å². The molecule has 0 aliphatic carbocycles. The predicted molar refractivity (Wildman–Crippen MR) is 75.1 cm³/mol. The summed E-state index contributed by atoms with van der Waals surface area (Å²) in [5.74, 6) is 1.45. The van der Waals surface area contributed by atoms with E-state index in [4.69, 9.17) is 14.9 Å². The summed E-state index contributed by atoms with van der Waals surface area (Å²) in [4.78, 5) is 4.26. The van der Waals surface area contributed by atoms with E-state index in [9.17, 15) is 0 Å². The Hall–Kier alpha value is -1.81. The van der Waals surface area contributed by atoms with Crippen molar-refractivity contribution < 1.29 is 9.15 Å². The van der Waals surface area contributed by atoms with Crippen molar-refractivity contribution >= 4 is 0 Å². The maximum Gasteiger partial charge on any atom is 0.181 e. The first-order valence-electron chi connectivity index (χ1n) is 6.28. The summed E-state index contributed by atoms with van der Waals surface area (Å²) >= 11 is 0. The Morgan fingerprint density at radius 2 is 2.05 bits per heavy atom. The fourth-order valence-corrected chi connectivity index (χ4v) is 1.99. The van der Waals surface area contributed by atoms with Crippen molar-refractivity contribution in [2.24, 2.45) is 5.73 Å². The van der Waals surface area contributed by atoms with Crippen molar-refractivity contribution in [1.82, 2.24) is 4.98 Å². The van der Waals surface area contributed by atoms with Gasteiger partial charge in [-0.25, -0.2) is 4.98 Å². The molecule has 0 amide bonds. The Morgan fingerprint density at radius 1 is 1.32 bits per heavy atom. The minimum atomic E-state index is 0.0631. The van der Waals surface area contributed by atoms with Crippen molar-refractivity contribution in [1.29, 1.82) is 0 Å². The number of nitrogens with zero attached hydrogens (tertiary/aromatic N) is 1. The smallest absolute Gasteiger partial charge is 0.181 e. The molecule has 1 aromatic heterocycles. The molecule has 0 aliphatic rings. The number of nitrogens with two attached hydrogens (primary N) is 1. The van der Waals surface area contributed by atoms with Crippen LogP contribution in [0.4, 0.5) is 0 Å². The highest BCUT2D eigenvalue weighted by atomic mass is 16.5. The van der Waals surface area contributed by atoms with Gasteiger partial charge in [-0.15, -0.1) is 0 Å². The Bertz CT molecular complexity index is 568. The van der Waals surface area contributed by atoms with Crippen LogP contribution >= 0.6 is 0 Å². The van der Waals surface area contributed by atoms with Crippen molar-refractivity contribution in [3.05, 3.63) is 35.9 Å². The van der Waals surface area contributed by atoms with Crippen LogP contribution in [-0.4, -0.2) is 12.1 Å². The maximum atomic E-state index is 5.67. The van der Waals surface area contributed by atoms with Crippen molar-refractivity contribution in [2.75, 3.05) is 7.11 Å². The van der Waals surface area contributed by atoms with E-state index >= 15 is 0 Å². The Balaban J connectivity index is 2.60. The molecule has 0 fully saturated rings. The third kappa shape index (κ3) is 2.63. The Kier molecular flexibility index (Phi) is 3.62. The predicted octanol–water partition coefficient (Wildman–Crippen LogP) is 3.11. The van der Waals surface area contributed by atoms with Crippen LogP contribution in [0.15, 0.2) is 29.0 Å². The second kappa shape index (κ2) is 5.05. The Morgan fingerprint density at radius 3 is 2.63 bits per heavy atom. The van der Waals surface area contributed by atoms with Crippen LogP contribution in [0.3, 0.4) is 0 Å². The number of oxazole rings is 1. The van der Waals surface area contributed by atoms with Gasteiger partial charge >= 0.3 is 0 Å². The molecule has 0 saturated carbocycles. The molecule has 1 aromatic carbocycles. The lowest BCUT2D eigenvalue weighted by Crippen LogP contribution is -2.11. The van der Waals surface area contributed by atoms with Crippen molar-refractivity contribution in [3.8, 4) is 17.0 Å². The highest BCUT2D eigenvalue weighted by Gasteiger charge is 2.19. The normalized spacial score (nSPS) is 11.6. The molecule has 0 saturated heterocycles. The summed E-state index contributed by atoms with van der Waals surface area (Å²) in [7, 11) is 1.65. The van der Waals surface area contributed by atoms with Gasteiger partial charge in [0.2, 0.25) is 0 Å². The fourth-order valence-electron chi connectivity index (χ4n) is 1.99. The lowest BCUT2D eigenvalue weighted by molar-refractivity contribution is 0.415. The van der Waals surface area contributed by atoms with Gasteiger partial charge in [-0.05, 0) is 23.1 Å². The van der Waals surface area contributed by atoms with E-state index < -0.39 is 0 Å². The van der Waals surface area contributed by atoms with Gasteiger partial charge in [0.15, 0.2) is 6.39 Å². The lowest BCUT2D eigenvalue weighted by atomic mass is 9.85. The minimum absolute atomic E-state index is 0.0631. The standard InChI is InChI=1S/C15H20N2O2/c1-15(2,3)10-5-6-12(18-4)11(7-10)14-13(8-16)19-9-17-14/h5-7,9H,8,16H2,1-4H3. The molecule has 0 atom stereocenters. The zero-order valence-corrected chi connectivity index (χ0v) is 11.9. The van der Waals surface area contributed by atoms with Gasteiger partial charge in [-0.2, -0.15) is 0 Å². The molecule has 0 aliphatic heterocycles. The highest BCUT2D eigenvalue weighted by Crippen LogP contribution is 2.35. The first-order chi connectivity index (χ1) is 8.97. The number of rotatable bonds is 3. The Labute approximate surface area is 113 Å². The third-order valence-electron chi connectivity index (χ3n) is 3.15. The van der Waals surface area contributed by atoms with Crippen molar-refractivity contribution in [3.63, 3.8) is 0 Å². The molecular weight excluding hydrogens is 240 g/mol. The monoisotopic (exact) mass is 260 g/mol. The molecule has 19 heavy (non-hydrogen) atoms. The molecule has 2 rings (SSSR count). The van der Waals surface area contributed by atoms with Crippen LogP contribution in [0, 0.1) is 0 Å². The topological polar surface area (TPSA) is 61.3 Å². The van der Waals surface area contributed by atoms with Gasteiger partial charge in [0.25, 0.3) is 0 Å². The van der Waals surface area contributed by atoms with Gasteiger partial charge in [0.05, 0.1) is 13.7 Å². The number of hydrogen-bond acceptors (Lipinski definition) is 4. The van der Waals surface area contributed by atoms with Crippen molar-refractivity contribution in [2.45, 2.75) is 32.7 Å². The maximum absolute atomic E-state index is 5.67. The molecule has 0 spiro atoms. The number of hydrogen-bond donors (Lipinski definition) is 1. The van der Waals surface area contributed by atoms with Gasteiger partial charge in [0.1, 0.15) is 17.2 Å². The number of benzene rings is 1. The van der Waals surface area contributed by atoms with Crippen LogP contribution in [0.5, 0.6) is 5.75 Å². The average molecular weight is 260 g/mol. The lowest BCUT2D eigenvalue weighted by Gasteiger charge is -2.20. The first kappa shape index (κ1) is 13.6. The summed E-state index contributed by atoms with van der Waals surface area (Å²) in [5, 5.41) is 0. The van der Waals surface area contributed by atoms with Gasteiger partial charge in [-0.1, -0.05) is 26.8 Å². The SMILES string of the molecule is COc1ccc(C(C)(C)C)cc1-c1ncoc1CN. The van der Waals surface area contributed by atoms with Crippen LogP contribution in [-0.2, 0) is 12.0 Å². The second-order valence-corrected chi connectivity index (χ2v) is 5.49. The molecule has 2 N–H and O–H groups in total. The van der Waals surface area contributed by atoms with E-state index in [1.54, 1.807) is 7.11 Å². The quantitative estimate of drug-likeness (QED) is 0.921. The number of methoxy groups -OCH3 is 1. The van der Waals surface area contributed by atoms with Crippen LogP contribution in [0.2, 0.25) is 0 Å². The van der Waals surface area contributed by atoms with Gasteiger partial charge in [0, 0.05) is 5.56 Å². The largest absolute Gasteiger partial charge is 0.496 e. The molecule has 2 aromatic rings. The van der Waals surface area contributed by atoms with Crippen LogP contribution in [0.1, 0.15) is 32.1 Å². The van der Waals surface area contributed by atoms with Gasteiger partial charge < -0.3 is 14.9 Å². The molecular formula is C15H20N2O2. The summed E-state index contributed by atoms with van der Waals surface area (Å²) in [5.41, 5.74) is 8.63. The second-order valence-electron chi connectivity index (χ2n) is 5.49. The zero-order valence-electron chi connectivity index (χ0n) is 11.9. The summed E-state index contributed by atoms with van der Waals surface area (Å²) in [6, 6.07) is 6.13. The van der Waals surface area contributed by atoms with Crippen LogP contribution in [0.25, 0.3) is 11.3 Å². The van der Waals surface area contributed by atoms with E-state index in [1.807, 2.05) is 6.07 Å². The molecule has 4 heteroatoms.